The van der Waals surface area contributed by atoms with Crippen molar-refractivity contribution in [2.24, 2.45) is 0 Å². The number of fused-ring (bicyclic) bond motifs is 1. The molecule has 0 aliphatic heterocycles. The smallest absolute Gasteiger partial charge is 0.133 e. The van der Waals surface area contributed by atoms with Crippen LogP contribution in [0.25, 0.3) is 10.9 Å². The van der Waals surface area contributed by atoms with Crippen molar-refractivity contribution in [1.82, 2.24) is 4.57 Å². The number of rotatable bonds is 3. The van der Waals surface area contributed by atoms with E-state index in [0.717, 1.165) is 21.2 Å². The second-order valence-corrected chi connectivity index (χ2v) is 6.29. The van der Waals surface area contributed by atoms with Crippen molar-refractivity contribution in [2.75, 3.05) is 7.11 Å². The molecule has 2 nitrogen and oxygen atoms in total. The summed E-state index contributed by atoms with van der Waals surface area (Å²) in [5, 5.41) is 1.24. The second kappa shape index (κ2) is 5.62. The van der Waals surface area contributed by atoms with Gasteiger partial charge in [0.25, 0.3) is 0 Å². The van der Waals surface area contributed by atoms with E-state index in [2.05, 4.69) is 79.0 Å². The van der Waals surface area contributed by atoms with Crippen molar-refractivity contribution in [3.8, 4) is 5.75 Å². The van der Waals surface area contributed by atoms with Crippen LogP contribution in [0.15, 0.2) is 57.6 Å². The van der Waals surface area contributed by atoms with Gasteiger partial charge in [-0.05, 0) is 51.8 Å². The molecule has 0 N–H and O–H groups in total. The van der Waals surface area contributed by atoms with Crippen molar-refractivity contribution in [3.05, 3.63) is 63.2 Å². The van der Waals surface area contributed by atoms with Gasteiger partial charge in [0.05, 0.1) is 11.6 Å². The summed E-state index contributed by atoms with van der Waals surface area (Å²) in [6, 6.07) is 14.6. The van der Waals surface area contributed by atoms with E-state index < -0.39 is 0 Å². The first-order valence-corrected chi connectivity index (χ1v) is 7.83. The zero-order valence-electron chi connectivity index (χ0n) is 10.9. The fourth-order valence-corrected chi connectivity index (χ4v) is 3.40. The predicted octanol–water partition coefficient (Wildman–Crippen LogP) is 5.22. The summed E-state index contributed by atoms with van der Waals surface area (Å²) in [4.78, 5) is 0. The standard InChI is InChI=1S/C16H13Br2NO/c1-20-16-6-5-11(9-14(16)18)10-19-8-7-12-13(17)3-2-4-15(12)19/h2-9H,10H2,1H3. The van der Waals surface area contributed by atoms with Crippen LogP contribution in [0.2, 0.25) is 0 Å². The third-order valence-corrected chi connectivity index (χ3v) is 4.64. The summed E-state index contributed by atoms with van der Waals surface area (Å²) in [6.07, 6.45) is 2.12. The average molecular weight is 395 g/mol. The number of aromatic nitrogens is 1. The Morgan fingerprint density at radius 2 is 1.90 bits per heavy atom. The molecular weight excluding hydrogens is 382 g/mol. The van der Waals surface area contributed by atoms with Gasteiger partial charge in [-0.3, -0.25) is 0 Å². The molecule has 0 spiro atoms. The summed E-state index contributed by atoms with van der Waals surface area (Å²) >= 11 is 7.12. The van der Waals surface area contributed by atoms with Gasteiger partial charge in [0.1, 0.15) is 5.75 Å². The maximum Gasteiger partial charge on any atom is 0.133 e. The lowest BCUT2D eigenvalue weighted by atomic mass is 10.2. The van der Waals surface area contributed by atoms with Crippen molar-refractivity contribution >= 4 is 42.8 Å². The molecule has 4 heteroatoms. The molecule has 0 aliphatic rings. The quantitative estimate of drug-likeness (QED) is 0.593. The lowest BCUT2D eigenvalue weighted by molar-refractivity contribution is 0.412. The van der Waals surface area contributed by atoms with Gasteiger partial charge < -0.3 is 9.30 Å². The number of benzene rings is 2. The Kier molecular flexibility index (Phi) is 3.85. The number of hydrogen-bond donors (Lipinski definition) is 0. The predicted molar refractivity (Wildman–Crippen MR) is 89.4 cm³/mol. The highest BCUT2D eigenvalue weighted by Crippen LogP contribution is 2.28. The van der Waals surface area contributed by atoms with Crippen LogP contribution in [-0.2, 0) is 6.54 Å². The van der Waals surface area contributed by atoms with Crippen LogP contribution in [0.5, 0.6) is 5.75 Å². The molecule has 2 aromatic carbocycles. The van der Waals surface area contributed by atoms with Crippen molar-refractivity contribution in [2.45, 2.75) is 6.54 Å². The summed E-state index contributed by atoms with van der Waals surface area (Å²) in [5.41, 5.74) is 2.46. The zero-order valence-corrected chi connectivity index (χ0v) is 14.1. The van der Waals surface area contributed by atoms with Gasteiger partial charge in [0, 0.05) is 28.1 Å². The number of hydrogen-bond acceptors (Lipinski definition) is 1. The molecular formula is C16H13Br2NO. The fourth-order valence-electron chi connectivity index (χ4n) is 2.33. The summed E-state index contributed by atoms with van der Waals surface area (Å²) in [6.45, 7) is 0.836. The second-order valence-electron chi connectivity index (χ2n) is 4.59. The molecule has 0 saturated carbocycles. The van der Waals surface area contributed by atoms with Gasteiger partial charge in [0.2, 0.25) is 0 Å². The molecule has 0 amide bonds. The van der Waals surface area contributed by atoms with E-state index in [1.807, 2.05) is 6.07 Å². The van der Waals surface area contributed by atoms with Gasteiger partial charge in [-0.25, -0.2) is 0 Å². The van der Waals surface area contributed by atoms with E-state index in [1.54, 1.807) is 7.11 Å². The third kappa shape index (κ3) is 2.50. The van der Waals surface area contributed by atoms with Gasteiger partial charge in [0.15, 0.2) is 0 Å². The molecule has 0 bridgehead atoms. The highest BCUT2D eigenvalue weighted by Gasteiger charge is 2.06. The normalized spacial score (nSPS) is 10.9. The molecule has 102 valence electrons. The monoisotopic (exact) mass is 393 g/mol. The Morgan fingerprint density at radius 1 is 1.05 bits per heavy atom. The third-order valence-electron chi connectivity index (χ3n) is 3.33. The lowest BCUT2D eigenvalue weighted by Gasteiger charge is -2.09. The topological polar surface area (TPSA) is 14.2 Å². The highest BCUT2D eigenvalue weighted by atomic mass is 79.9. The maximum absolute atomic E-state index is 5.26. The molecule has 3 aromatic rings. The van der Waals surface area contributed by atoms with Gasteiger partial charge in [-0.15, -0.1) is 0 Å². The number of ether oxygens (including phenoxy) is 1. The Hall–Kier alpha value is -1.26. The minimum Gasteiger partial charge on any atom is -0.496 e. The molecule has 1 heterocycles. The first kappa shape index (κ1) is 13.7. The number of halogens is 2. The van der Waals surface area contributed by atoms with Crippen molar-refractivity contribution < 1.29 is 4.74 Å². The van der Waals surface area contributed by atoms with Crippen molar-refractivity contribution in [3.63, 3.8) is 0 Å². The van der Waals surface area contributed by atoms with Gasteiger partial charge >= 0.3 is 0 Å². The van der Waals surface area contributed by atoms with E-state index in [0.29, 0.717) is 0 Å². The summed E-state index contributed by atoms with van der Waals surface area (Å²) in [5.74, 6) is 0.855. The zero-order chi connectivity index (χ0) is 14.1. The fraction of sp³-hybridized carbons (Fsp3) is 0.125. The summed E-state index contributed by atoms with van der Waals surface area (Å²) in [7, 11) is 1.68. The Labute approximate surface area is 134 Å². The van der Waals surface area contributed by atoms with Gasteiger partial charge in [-0.1, -0.05) is 28.1 Å². The average Bonchev–Trinajstić information content (AvgIpc) is 2.84. The number of nitrogens with zero attached hydrogens (tertiary/aromatic N) is 1. The van der Waals surface area contributed by atoms with E-state index in [1.165, 1.54) is 16.5 Å². The van der Waals surface area contributed by atoms with Crippen LogP contribution in [-0.4, -0.2) is 11.7 Å². The molecule has 3 rings (SSSR count). The molecule has 20 heavy (non-hydrogen) atoms. The Morgan fingerprint density at radius 3 is 2.65 bits per heavy atom. The molecule has 0 unspecified atom stereocenters. The van der Waals surface area contributed by atoms with Crippen LogP contribution in [0.4, 0.5) is 0 Å². The lowest BCUT2D eigenvalue weighted by Crippen LogP contribution is -1.98. The number of methoxy groups -OCH3 is 1. The molecule has 0 saturated heterocycles. The Bertz CT molecular complexity index is 764. The largest absolute Gasteiger partial charge is 0.496 e. The molecule has 0 atom stereocenters. The highest BCUT2D eigenvalue weighted by molar-refractivity contribution is 9.11. The summed E-state index contributed by atoms with van der Waals surface area (Å²) < 4.78 is 9.62. The van der Waals surface area contributed by atoms with E-state index in [9.17, 15) is 0 Å². The van der Waals surface area contributed by atoms with Crippen LogP contribution in [0.1, 0.15) is 5.56 Å². The van der Waals surface area contributed by atoms with E-state index >= 15 is 0 Å². The van der Waals surface area contributed by atoms with Crippen LogP contribution < -0.4 is 4.74 Å². The van der Waals surface area contributed by atoms with E-state index in [-0.39, 0.29) is 0 Å². The molecule has 0 aliphatic carbocycles. The van der Waals surface area contributed by atoms with Crippen LogP contribution in [0.3, 0.4) is 0 Å². The van der Waals surface area contributed by atoms with E-state index in [4.69, 9.17) is 4.74 Å². The molecule has 0 fully saturated rings. The van der Waals surface area contributed by atoms with Crippen molar-refractivity contribution in [1.29, 1.82) is 0 Å². The van der Waals surface area contributed by atoms with Crippen LogP contribution in [0, 0.1) is 0 Å². The SMILES string of the molecule is COc1ccc(Cn2ccc3c(Br)cccc32)cc1Br. The first-order valence-electron chi connectivity index (χ1n) is 6.25. The minimum absolute atomic E-state index is 0.836. The molecule has 1 aromatic heterocycles. The maximum atomic E-state index is 5.26. The molecule has 0 radical (unpaired) electrons. The first-order chi connectivity index (χ1) is 9.69. The van der Waals surface area contributed by atoms with Gasteiger partial charge in [-0.2, -0.15) is 0 Å². The van der Waals surface area contributed by atoms with Crippen LogP contribution >= 0.6 is 31.9 Å². The Balaban J connectivity index is 1.97. The minimum atomic E-state index is 0.836.